The third kappa shape index (κ3) is 2.15. The number of hydrogen-bond acceptors (Lipinski definition) is 2. The Hall–Kier alpha value is -1.35. The maximum atomic E-state index is 12.4. The van der Waals surface area contributed by atoms with Gasteiger partial charge in [0, 0.05) is 12.2 Å². The van der Waals surface area contributed by atoms with Crippen molar-refractivity contribution >= 4 is 11.6 Å². The van der Waals surface area contributed by atoms with Crippen LogP contribution >= 0.6 is 0 Å². The lowest BCUT2D eigenvalue weighted by atomic mass is 9.62. The Labute approximate surface area is 109 Å². The van der Waals surface area contributed by atoms with E-state index in [9.17, 15) is 4.79 Å². The number of amides is 1. The standard InChI is InChI=1S/C15H22N2O/c1-10-7-15(8-10,9-16)14(18)17-13-6-4-5-11(2)12(13)3/h4-6,10H,7-9,16H2,1-3H3,(H,17,18). The van der Waals surface area contributed by atoms with Gasteiger partial charge in [0.1, 0.15) is 0 Å². The largest absolute Gasteiger partial charge is 0.329 e. The van der Waals surface area contributed by atoms with Gasteiger partial charge < -0.3 is 11.1 Å². The van der Waals surface area contributed by atoms with Crippen molar-refractivity contribution in [3.63, 3.8) is 0 Å². The maximum Gasteiger partial charge on any atom is 0.231 e. The molecule has 0 atom stereocenters. The summed E-state index contributed by atoms with van der Waals surface area (Å²) in [5, 5.41) is 3.05. The molecule has 0 unspecified atom stereocenters. The molecule has 1 aliphatic rings. The van der Waals surface area contributed by atoms with Crippen LogP contribution in [0.25, 0.3) is 0 Å². The monoisotopic (exact) mass is 246 g/mol. The topological polar surface area (TPSA) is 55.1 Å². The Kier molecular flexibility index (Phi) is 3.44. The molecule has 3 nitrogen and oxygen atoms in total. The highest BCUT2D eigenvalue weighted by atomic mass is 16.2. The fraction of sp³-hybridized carbons (Fsp3) is 0.533. The van der Waals surface area contributed by atoms with Gasteiger partial charge in [-0.25, -0.2) is 0 Å². The fourth-order valence-corrected chi connectivity index (χ4v) is 2.86. The van der Waals surface area contributed by atoms with Crippen LogP contribution < -0.4 is 11.1 Å². The summed E-state index contributed by atoms with van der Waals surface area (Å²) in [5.41, 5.74) is 8.69. The first kappa shape index (κ1) is 13.1. The van der Waals surface area contributed by atoms with Gasteiger partial charge in [0.2, 0.25) is 5.91 Å². The first-order valence-corrected chi connectivity index (χ1v) is 6.56. The summed E-state index contributed by atoms with van der Waals surface area (Å²) in [7, 11) is 0. The minimum Gasteiger partial charge on any atom is -0.329 e. The second-order valence-electron chi connectivity index (χ2n) is 5.70. The van der Waals surface area contributed by atoms with Crippen molar-refractivity contribution in [2.45, 2.75) is 33.6 Å². The molecule has 18 heavy (non-hydrogen) atoms. The predicted molar refractivity (Wildman–Crippen MR) is 74.4 cm³/mol. The summed E-state index contributed by atoms with van der Waals surface area (Å²) in [5.74, 6) is 0.690. The summed E-state index contributed by atoms with van der Waals surface area (Å²) in [6, 6.07) is 5.97. The van der Waals surface area contributed by atoms with E-state index in [-0.39, 0.29) is 11.3 Å². The molecule has 1 amide bonds. The van der Waals surface area contributed by atoms with Crippen molar-refractivity contribution in [1.29, 1.82) is 0 Å². The van der Waals surface area contributed by atoms with Gasteiger partial charge in [-0.3, -0.25) is 4.79 Å². The minimum atomic E-state index is -0.338. The van der Waals surface area contributed by atoms with Crippen LogP contribution in [0, 0.1) is 25.2 Å². The van der Waals surface area contributed by atoms with E-state index in [1.54, 1.807) is 0 Å². The molecule has 0 heterocycles. The molecule has 1 aromatic carbocycles. The van der Waals surface area contributed by atoms with Crippen LogP contribution in [0.1, 0.15) is 30.9 Å². The number of aryl methyl sites for hydroxylation is 1. The van der Waals surface area contributed by atoms with E-state index in [2.05, 4.69) is 25.2 Å². The minimum absolute atomic E-state index is 0.0804. The van der Waals surface area contributed by atoms with Crippen LogP contribution in [0.5, 0.6) is 0 Å². The van der Waals surface area contributed by atoms with E-state index in [1.807, 2.05) is 19.1 Å². The lowest BCUT2D eigenvalue weighted by Crippen LogP contribution is -2.51. The van der Waals surface area contributed by atoms with Gasteiger partial charge in [-0.15, -0.1) is 0 Å². The third-order valence-electron chi connectivity index (χ3n) is 4.20. The van der Waals surface area contributed by atoms with Crippen LogP contribution in [0.15, 0.2) is 18.2 Å². The molecule has 0 spiro atoms. The molecule has 1 aliphatic carbocycles. The average molecular weight is 246 g/mol. The van der Waals surface area contributed by atoms with E-state index in [0.29, 0.717) is 12.5 Å². The highest BCUT2D eigenvalue weighted by Crippen LogP contribution is 2.45. The molecule has 0 radical (unpaired) electrons. The Bertz CT molecular complexity index is 462. The number of benzene rings is 1. The molecular weight excluding hydrogens is 224 g/mol. The maximum absolute atomic E-state index is 12.4. The van der Waals surface area contributed by atoms with Crippen LogP contribution in [0.4, 0.5) is 5.69 Å². The number of rotatable bonds is 3. The van der Waals surface area contributed by atoms with Crippen LogP contribution in [-0.2, 0) is 4.79 Å². The summed E-state index contributed by atoms with van der Waals surface area (Å²) in [6.07, 6.45) is 1.81. The number of carbonyl (C=O) groups excluding carboxylic acids is 1. The van der Waals surface area contributed by atoms with E-state index in [0.717, 1.165) is 24.1 Å². The van der Waals surface area contributed by atoms with Crippen molar-refractivity contribution < 1.29 is 4.79 Å². The molecule has 3 N–H and O–H groups in total. The van der Waals surface area contributed by atoms with E-state index < -0.39 is 0 Å². The molecule has 0 aromatic heterocycles. The average Bonchev–Trinajstić information content (AvgIpc) is 2.30. The molecule has 0 bridgehead atoms. The van der Waals surface area contributed by atoms with Crippen molar-refractivity contribution in [1.82, 2.24) is 0 Å². The zero-order valence-electron chi connectivity index (χ0n) is 11.4. The Morgan fingerprint density at radius 3 is 2.67 bits per heavy atom. The van der Waals surface area contributed by atoms with Crippen molar-refractivity contribution in [2.24, 2.45) is 17.1 Å². The number of nitrogens with one attached hydrogen (secondary N) is 1. The molecule has 3 heteroatoms. The molecule has 0 saturated heterocycles. The van der Waals surface area contributed by atoms with E-state index in [4.69, 9.17) is 5.73 Å². The quantitative estimate of drug-likeness (QED) is 0.861. The van der Waals surface area contributed by atoms with Crippen molar-refractivity contribution in [2.75, 3.05) is 11.9 Å². The Morgan fingerprint density at radius 2 is 2.11 bits per heavy atom. The first-order valence-electron chi connectivity index (χ1n) is 6.56. The molecule has 1 aromatic rings. The summed E-state index contributed by atoms with van der Waals surface area (Å²) < 4.78 is 0. The van der Waals surface area contributed by atoms with Gasteiger partial charge in [0.25, 0.3) is 0 Å². The van der Waals surface area contributed by atoms with Gasteiger partial charge in [0.15, 0.2) is 0 Å². The molecule has 0 aliphatic heterocycles. The van der Waals surface area contributed by atoms with E-state index in [1.165, 1.54) is 5.56 Å². The normalized spacial score (nSPS) is 26.6. The van der Waals surface area contributed by atoms with Crippen molar-refractivity contribution in [3.05, 3.63) is 29.3 Å². The molecule has 1 saturated carbocycles. The zero-order valence-corrected chi connectivity index (χ0v) is 11.4. The van der Waals surface area contributed by atoms with Crippen LogP contribution in [-0.4, -0.2) is 12.5 Å². The second-order valence-corrected chi connectivity index (χ2v) is 5.70. The molecule has 2 rings (SSSR count). The molecular formula is C15H22N2O. The summed E-state index contributed by atoms with van der Waals surface area (Å²) >= 11 is 0. The van der Waals surface area contributed by atoms with Gasteiger partial charge in [-0.05, 0) is 49.8 Å². The van der Waals surface area contributed by atoms with Gasteiger partial charge in [0.05, 0.1) is 5.41 Å². The van der Waals surface area contributed by atoms with Gasteiger partial charge >= 0.3 is 0 Å². The molecule has 98 valence electrons. The lowest BCUT2D eigenvalue weighted by Gasteiger charge is -2.44. The highest BCUT2D eigenvalue weighted by molar-refractivity contribution is 5.96. The second kappa shape index (κ2) is 4.73. The first-order chi connectivity index (χ1) is 8.48. The highest BCUT2D eigenvalue weighted by Gasteiger charge is 2.47. The summed E-state index contributed by atoms with van der Waals surface area (Å²) in [6.45, 7) is 6.69. The van der Waals surface area contributed by atoms with Crippen LogP contribution in [0.3, 0.4) is 0 Å². The zero-order chi connectivity index (χ0) is 13.3. The van der Waals surface area contributed by atoms with Gasteiger partial charge in [-0.1, -0.05) is 19.1 Å². The number of hydrogen-bond donors (Lipinski definition) is 2. The number of nitrogens with two attached hydrogens (primary N) is 1. The third-order valence-corrected chi connectivity index (χ3v) is 4.20. The Balaban J connectivity index is 2.14. The number of anilines is 1. The smallest absolute Gasteiger partial charge is 0.231 e. The van der Waals surface area contributed by atoms with Crippen LogP contribution in [0.2, 0.25) is 0 Å². The fourth-order valence-electron chi connectivity index (χ4n) is 2.86. The van der Waals surface area contributed by atoms with E-state index >= 15 is 0 Å². The summed E-state index contributed by atoms with van der Waals surface area (Å²) in [4.78, 5) is 12.4. The number of carbonyl (C=O) groups is 1. The van der Waals surface area contributed by atoms with Gasteiger partial charge in [-0.2, -0.15) is 0 Å². The SMILES string of the molecule is Cc1cccc(NC(=O)C2(CN)CC(C)C2)c1C. The Morgan fingerprint density at radius 1 is 1.44 bits per heavy atom. The predicted octanol–water partition coefficient (Wildman–Crippen LogP) is 2.62. The lowest BCUT2D eigenvalue weighted by molar-refractivity contribution is -0.132. The molecule has 1 fully saturated rings. The van der Waals surface area contributed by atoms with Crippen molar-refractivity contribution in [3.8, 4) is 0 Å².